The molecule has 3 N–H and O–H groups in total. The van der Waals surface area contributed by atoms with Gasteiger partial charge < -0.3 is 5.73 Å². The van der Waals surface area contributed by atoms with E-state index >= 15 is 0 Å². The summed E-state index contributed by atoms with van der Waals surface area (Å²) in [6.07, 6.45) is 1.71. The van der Waals surface area contributed by atoms with Crippen molar-refractivity contribution >= 4 is 15.9 Å². The van der Waals surface area contributed by atoms with E-state index in [-0.39, 0.29) is 11.6 Å². The molecule has 1 heterocycles. The van der Waals surface area contributed by atoms with Gasteiger partial charge in [0, 0.05) is 13.1 Å². The number of nitrogens with zero attached hydrogens (tertiary/aromatic N) is 1. The minimum atomic E-state index is -3.73. The van der Waals surface area contributed by atoms with Gasteiger partial charge in [-0.15, -0.1) is 0 Å². The Bertz CT molecular complexity index is 577. The molecule has 0 aliphatic carbocycles. The molecule has 7 heteroatoms. The number of piperidine rings is 1. The summed E-state index contributed by atoms with van der Waals surface area (Å²) in [5, 5.41) is 0. The maximum atomic E-state index is 13.7. The van der Waals surface area contributed by atoms with Gasteiger partial charge in [0.05, 0.1) is 5.69 Å². The van der Waals surface area contributed by atoms with Crippen LogP contribution < -0.4 is 10.5 Å². The number of hydrogen-bond donors (Lipinski definition) is 2. The molecule has 1 aliphatic heterocycles. The summed E-state index contributed by atoms with van der Waals surface area (Å²) >= 11 is 0. The lowest BCUT2D eigenvalue weighted by Gasteiger charge is -2.31. The Morgan fingerprint density at radius 1 is 1.50 bits per heavy atom. The number of aryl methyl sites for hydroxylation is 1. The molecule has 112 valence electrons. The third-order valence-electron chi connectivity index (χ3n) is 3.52. The first kappa shape index (κ1) is 15.2. The fraction of sp³-hybridized carbons (Fsp3) is 0.538. The second-order valence-corrected chi connectivity index (χ2v) is 6.86. The minimum Gasteiger partial charge on any atom is -0.330 e. The summed E-state index contributed by atoms with van der Waals surface area (Å²) in [5.41, 5.74) is 6.32. The highest BCUT2D eigenvalue weighted by molar-refractivity contribution is 7.90. The summed E-state index contributed by atoms with van der Waals surface area (Å²) in [7, 11) is -3.73. The molecular formula is C13H20FN3O2S. The molecule has 5 nitrogen and oxygen atoms in total. The molecule has 2 rings (SSSR count). The van der Waals surface area contributed by atoms with Gasteiger partial charge in [-0.2, -0.15) is 12.7 Å². The first-order valence-corrected chi connectivity index (χ1v) is 8.10. The number of nitrogens with one attached hydrogen (secondary N) is 1. The van der Waals surface area contributed by atoms with Gasteiger partial charge in [0.2, 0.25) is 0 Å². The lowest BCUT2D eigenvalue weighted by atomic mass is 10.0. The van der Waals surface area contributed by atoms with Crippen LogP contribution in [0.15, 0.2) is 18.2 Å². The van der Waals surface area contributed by atoms with E-state index in [0.717, 1.165) is 18.4 Å². The Morgan fingerprint density at radius 2 is 2.25 bits per heavy atom. The van der Waals surface area contributed by atoms with Crippen LogP contribution in [0.3, 0.4) is 0 Å². The Kier molecular flexibility index (Phi) is 4.62. The van der Waals surface area contributed by atoms with Gasteiger partial charge >= 0.3 is 10.2 Å². The fourth-order valence-electron chi connectivity index (χ4n) is 2.34. The molecule has 0 radical (unpaired) electrons. The van der Waals surface area contributed by atoms with Crippen LogP contribution in [0.2, 0.25) is 0 Å². The molecule has 0 bridgehead atoms. The predicted octanol–water partition coefficient (Wildman–Crippen LogP) is 1.46. The van der Waals surface area contributed by atoms with E-state index in [1.165, 1.54) is 16.4 Å². The van der Waals surface area contributed by atoms with Crippen LogP contribution in [0.5, 0.6) is 0 Å². The number of anilines is 1. The lowest BCUT2D eigenvalue weighted by Crippen LogP contribution is -2.44. The maximum absolute atomic E-state index is 13.7. The van der Waals surface area contributed by atoms with Crippen LogP contribution >= 0.6 is 0 Å². The van der Waals surface area contributed by atoms with Gasteiger partial charge in [0.25, 0.3) is 0 Å². The Morgan fingerprint density at radius 3 is 2.90 bits per heavy atom. The second-order valence-electron chi connectivity index (χ2n) is 5.19. The lowest BCUT2D eigenvalue weighted by molar-refractivity contribution is 0.273. The van der Waals surface area contributed by atoms with Crippen molar-refractivity contribution in [2.24, 2.45) is 11.7 Å². The summed E-state index contributed by atoms with van der Waals surface area (Å²) in [5.74, 6) is -0.399. The average molecular weight is 301 g/mol. The second kappa shape index (κ2) is 6.07. The molecular weight excluding hydrogens is 281 g/mol. The van der Waals surface area contributed by atoms with E-state index in [1.807, 2.05) is 0 Å². The van der Waals surface area contributed by atoms with Crippen molar-refractivity contribution in [1.29, 1.82) is 0 Å². The quantitative estimate of drug-likeness (QED) is 0.884. The van der Waals surface area contributed by atoms with E-state index < -0.39 is 16.0 Å². The SMILES string of the molecule is Cc1ccc(NS(=O)(=O)N2CCCC(CN)C2)c(F)c1. The fourth-order valence-corrected chi connectivity index (χ4v) is 3.69. The van der Waals surface area contributed by atoms with E-state index in [4.69, 9.17) is 5.73 Å². The van der Waals surface area contributed by atoms with Crippen molar-refractivity contribution in [2.75, 3.05) is 24.4 Å². The molecule has 20 heavy (non-hydrogen) atoms. The number of hydrogen-bond acceptors (Lipinski definition) is 3. The van der Waals surface area contributed by atoms with Gasteiger partial charge in [-0.1, -0.05) is 6.07 Å². The Hall–Kier alpha value is -1.18. The van der Waals surface area contributed by atoms with Crippen LogP contribution in [-0.4, -0.2) is 32.4 Å². The molecule has 1 aliphatic rings. The molecule has 0 aromatic heterocycles. The number of benzene rings is 1. The maximum Gasteiger partial charge on any atom is 0.301 e. The van der Waals surface area contributed by atoms with Crippen LogP contribution in [0.1, 0.15) is 18.4 Å². The van der Waals surface area contributed by atoms with Gasteiger partial charge in [0.1, 0.15) is 5.82 Å². The highest BCUT2D eigenvalue weighted by atomic mass is 32.2. The van der Waals surface area contributed by atoms with Gasteiger partial charge in [-0.3, -0.25) is 4.72 Å². The molecule has 0 saturated carbocycles. The van der Waals surface area contributed by atoms with E-state index in [2.05, 4.69) is 4.72 Å². The highest BCUT2D eigenvalue weighted by Gasteiger charge is 2.28. The van der Waals surface area contributed by atoms with Crippen molar-refractivity contribution in [3.8, 4) is 0 Å². The Labute approximate surface area is 119 Å². The van der Waals surface area contributed by atoms with E-state index in [1.54, 1.807) is 13.0 Å². The zero-order valence-corrected chi connectivity index (χ0v) is 12.3. The van der Waals surface area contributed by atoms with Gasteiger partial charge in [0.15, 0.2) is 0 Å². The Balaban J connectivity index is 2.14. The largest absolute Gasteiger partial charge is 0.330 e. The van der Waals surface area contributed by atoms with Crippen LogP contribution in [0, 0.1) is 18.7 Å². The van der Waals surface area contributed by atoms with Gasteiger partial charge in [-0.05, 0) is 49.9 Å². The number of rotatable bonds is 4. The topological polar surface area (TPSA) is 75.4 Å². The van der Waals surface area contributed by atoms with Gasteiger partial charge in [-0.25, -0.2) is 4.39 Å². The summed E-state index contributed by atoms with van der Waals surface area (Å²) in [4.78, 5) is 0. The minimum absolute atomic E-state index is 0.0227. The van der Waals surface area contributed by atoms with Crippen molar-refractivity contribution in [2.45, 2.75) is 19.8 Å². The first-order valence-electron chi connectivity index (χ1n) is 6.66. The molecule has 1 atom stereocenters. The predicted molar refractivity (Wildman–Crippen MR) is 77.0 cm³/mol. The highest BCUT2D eigenvalue weighted by Crippen LogP contribution is 2.22. The zero-order chi connectivity index (χ0) is 14.8. The standard InChI is InChI=1S/C13H20FN3O2S/c1-10-4-5-13(12(14)7-10)16-20(18,19)17-6-2-3-11(8-15)9-17/h4-5,7,11,16H,2-3,6,8-9,15H2,1H3. The summed E-state index contributed by atoms with van der Waals surface area (Å²) in [6.45, 7) is 3.04. The molecule has 1 aromatic rings. The smallest absolute Gasteiger partial charge is 0.301 e. The number of nitrogens with two attached hydrogens (primary N) is 1. The van der Waals surface area contributed by atoms with Crippen molar-refractivity contribution in [3.05, 3.63) is 29.6 Å². The molecule has 1 unspecified atom stereocenters. The molecule has 1 aromatic carbocycles. The van der Waals surface area contributed by atoms with E-state index in [9.17, 15) is 12.8 Å². The van der Waals surface area contributed by atoms with E-state index in [0.29, 0.717) is 19.6 Å². The third kappa shape index (κ3) is 3.47. The summed E-state index contributed by atoms with van der Waals surface area (Å²) in [6, 6.07) is 4.41. The van der Waals surface area contributed by atoms with Crippen LogP contribution in [-0.2, 0) is 10.2 Å². The molecule has 1 saturated heterocycles. The summed E-state index contributed by atoms with van der Waals surface area (Å²) < 4.78 is 41.9. The van der Waals surface area contributed by atoms with Crippen molar-refractivity contribution < 1.29 is 12.8 Å². The monoisotopic (exact) mass is 301 g/mol. The zero-order valence-electron chi connectivity index (χ0n) is 11.5. The average Bonchev–Trinajstić information content (AvgIpc) is 2.42. The normalized spacial score (nSPS) is 20.9. The molecule has 1 fully saturated rings. The third-order valence-corrected chi connectivity index (χ3v) is 5.01. The van der Waals surface area contributed by atoms with Crippen LogP contribution in [0.25, 0.3) is 0 Å². The van der Waals surface area contributed by atoms with Crippen LogP contribution in [0.4, 0.5) is 10.1 Å². The molecule has 0 spiro atoms. The van der Waals surface area contributed by atoms with Crippen molar-refractivity contribution in [1.82, 2.24) is 4.31 Å². The van der Waals surface area contributed by atoms with Crippen molar-refractivity contribution in [3.63, 3.8) is 0 Å². The molecule has 0 amide bonds. The first-order chi connectivity index (χ1) is 9.42. The number of halogens is 1.